The van der Waals surface area contributed by atoms with Gasteiger partial charge < -0.3 is 10.2 Å². The molecule has 0 aliphatic carbocycles. The average Bonchev–Trinajstić information content (AvgIpc) is 3.11. The lowest BCUT2D eigenvalue weighted by molar-refractivity contribution is 0.456. The largest absolute Gasteiger partial charge is 0.507 e. The molecule has 0 aromatic heterocycles. The van der Waals surface area contributed by atoms with Gasteiger partial charge in [-0.15, -0.1) is 0 Å². The number of phenolic OH excluding ortho intramolecular Hbond substituents is 2. The van der Waals surface area contributed by atoms with Crippen molar-refractivity contribution in [3.05, 3.63) is 127 Å². The fourth-order valence-corrected chi connectivity index (χ4v) is 7.69. The Morgan fingerprint density at radius 1 is 0.392 bits per heavy atom. The predicted molar refractivity (Wildman–Crippen MR) is 220 cm³/mol. The second-order valence-corrected chi connectivity index (χ2v) is 15.5. The van der Waals surface area contributed by atoms with E-state index in [0.717, 1.165) is 35.1 Å². The molecule has 2 heteroatoms. The van der Waals surface area contributed by atoms with Crippen LogP contribution in [0, 0.1) is 27.7 Å². The maximum atomic E-state index is 11.9. The molecule has 4 rings (SSSR count). The minimum atomic E-state index is 0.382. The van der Waals surface area contributed by atoms with Gasteiger partial charge in [-0.1, -0.05) is 152 Å². The van der Waals surface area contributed by atoms with Crippen molar-refractivity contribution in [2.24, 2.45) is 0 Å². The summed E-state index contributed by atoms with van der Waals surface area (Å²) in [5.74, 6) is 0.763. The number of hydrogen-bond acceptors (Lipinski definition) is 2. The van der Waals surface area contributed by atoms with E-state index in [1.165, 1.54) is 134 Å². The van der Waals surface area contributed by atoms with E-state index in [9.17, 15) is 10.2 Å². The molecule has 0 heterocycles. The summed E-state index contributed by atoms with van der Waals surface area (Å²) in [6, 6.07) is 21.9. The van der Waals surface area contributed by atoms with Crippen molar-refractivity contribution in [1.29, 1.82) is 0 Å². The summed E-state index contributed by atoms with van der Waals surface area (Å²) in [5, 5.41) is 23.8. The van der Waals surface area contributed by atoms with Gasteiger partial charge in [-0.2, -0.15) is 0 Å². The zero-order valence-electron chi connectivity index (χ0n) is 33.1. The van der Waals surface area contributed by atoms with E-state index in [-0.39, 0.29) is 0 Å². The van der Waals surface area contributed by atoms with Gasteiger partial charge in [-0.05, 0) is 120 Å². The number of benzene rings is 4. The Balaban J connectivity index is 1.65. The monoisotopic (exact) mass is 689 g/mol. The molecule has 0 fully saturated rings. The van der Waals surface area contributed by atoms with Crippen molar-refractivity contribution in [1.82, 2.24) is 0 Å². The Bertz CT molecular complexity index is 1540. The molecule has 0 bridgehead atoms. The summed E-state index contributed by atoms with van der Waals surface area (Å²) in [5.41, 5.74) is 14.1. The average molecular weight is 689 g/mol. The van der Waals surface area contributed by atoms with Crippen molar-refractivity contribution in [3.63, 3.8) is 0 Å². The lowest BCUT2D eigenvalue weighted by atomic mass is 9.89. The summed E-state index contributed by atoms with van der Waals surface area (Å²) in [4.78, 5) is 0. The molecular weight excluding hydrogens is 621 g/mol. The number of unbranched alkanes of at least 4 members (excludes halogenated alkanes) is 12. The quantitative estimate of drug-likeness (QED) is 0.0807. The Morgan fingerprint density at radius 2 is 0.706 bits per heavy atom. The topological polar surface area (TPSA) is 40.5 Å². The summed E-state index contributed by atoms with van der Waals surface area (Å²) in [7, 11) is 0. The van der Waals surface area contributed by atoms with Gasteiger partial charge in [-0.3, -0.25) is 0 Å². The van der Waals surface area contributed by atoms with Crippen LogP contribution in [0.5, 0.6) is 11.5 Å². The highest BCUT2D eigenvalue weighted by Crippen LogP contribution is 2.35. The van der Waals surface area contributed by atoms with Crippen LogP contribution in [0.2, 0.25) is 0 Å². The highest BCUT2D eigenvalue weighted by molar-refractivity contribution is 5.53. The highest BCUT2D eigenvalue weighted by Gasteiger charge is 2.18. The lowest BCUT2D eigenvalue weighted by Crippen LogP contribution is -2.03. The Labute approximate surface area is 311 Å². The number of aryl methyl sites for hydroxylation is 4. The standard InChI is InChI=1S/C49H68O2/c1-7-9-11-13-15-17-19-25-40-29-44(33-42-27-21-23-36(3)38(42)5)48(50)46(31-40)35-47-32-41(26-20-18-16-14-12-10-8-2)30-45(49(47)51)34-43-28-22-24-37(4)39(43)6/h21-24,27-32,50-51H,7-20,25-26,33-35H2,1-6H3. The number of rotatable bonds is 22. The molecule has 4 aromatic carbocycles. The molecule has 4 aromatic rings. The van der Waals surface area contributed by atoms with E-state index < -0.39 is 0 Å². The van der Waals surface area contributed by atoms with Gasteiger partial charge in [0.15, 0.2) is 0 Å². The summed E-state index contributed by atoms with van der Waals surface area (Å²) >= 11 is 0. The third kappa shape index (κ3) is 12.3. The molecule has 0 saturated carbocycles. The smallest absolute Gasteiger partial charge is 0.122 e. The minimum absolute atomic E-state index is 0.382. The highest BCUT2D eigenvalue weighted by atomic mass is 16.3. The molecule has 0 saturated heterocycles. The van der Waals surface area contributed by atoms with Crippen LogP contribution in [0.4, 0.5) is 0 Å². The molecule has 0 aliphatic rings. The Hall–Kier alpha value is -3.52. The summed E-state index contributed by atoms with van der Waals surface area (Å²) in [6.07, 6.45) is 21.9. The molecule has 0 atom stereocenters. The van der Waals surface area contributed by atoms with Gasteiger partial charge in [0.05, 0.1) is 0 Å². The number of phenols is 2. The van der Waals surface area contributed by atoms with Crippen molar-refractivity contribution in [3.8, 4) is 11.5 Å². The van der Waals surface area contributed by atoms with Crippen LogP contribution >= 0.6 is 0 Å². The van der Waals surface area contributed by atoms with Gasteiger partial charge in [0.1, 0.15) is 11.5 Å². The van der Waals surface area contributed by atoms with Crippen LogP contribution < -0.4 is 0 Å². The second-order valence-electron chi connectivity index (χ2n) is 15.5. The maximum Gasteiger partial charge on any atom is 0.122 e. The molecule has 0 aliphatic heterocycles. The van der Waals surface area contributed by atoms with Gasteiger partial charge in [0.25, 0.3) is 0 Å². The van der Waals surface area contributed by atoms with E-state index >= 15 is 0 Å². The first-order valence-corrected chi connectivity index (χ1v) is 20.5. The number of aromatic hydroxyl groups is 2. The normalized spacial score (nSPS) is 11.4. The van der Waals surface area contributed by atoms with Gasteiger partial charge in [0, 0.05) is 19.3 Å². The second kappa shape index (κ2) is 21.1. The fourth-order valence-electron chi connectivity index (χ4n) is 7.69. The summed E-state index contributed by atoms with van der Waals surface area (Å²) < 4.78 is 0. The first kappa shape index (κ1) is 40.3. The molecule has 2 nitrogen and oxygen atoms in total. The molecule has 0 amide bonds. The summed E-state index contributed by atoms with van der Waals surface area (Å²) in [6.45, 7) is 13.3. The van der Waals surface area contributed by atoms with E-state index in [4.69, 9.17) is 0 Å². The van der Waals surface area contributed by atoms with E-state index in [0.29, 0.717) is 30.8 Å². The predicted octanol–water partition coefficient (Wildman–Crippen LogP) is 13.7. The Kier molecular flexibility index (Phi) is 16.7. The zero-order chi connectivity index (χ0) is 36.6. The van der Waals surface area contributed by atoms with Crippen LogP contribution in [0.25, 0.3) is 0 Å². The van der Waals surface area contributed by atoms with Gasteiger partial charge in [0.2, 0.25) is 0 Å². The van der Waals surface area contributed by atoms with Crippen LogP contribution in [0.3, 0.4) is 0 Å². The first-order valence-electron chi connectivity index (χ1n) is 20.5. The minimum Gasteiger partial charge on any atom is -0.507 e. The molecule has 2 N–H and O–H groups in total. The maximum absolute atomic E-state index is 11.9. The van der Waals surface area contributed by atoms with Crippen molar-refractivity contribution in [2.75, 3.05) is 0 Å². The van der Waals surface area contributed by atoms with Gasteiger partial charge >= 0.3 is 0 Å². The van der Waals surface area contributed by atoms with Crippen molar-refractivity contribution in [2.45, 2.75) is 164 Å². The molecule has 0 unspecified atom stereocenters. The molecule has 51 heavy (non-hydrogen) atoms. The van der Waals surface area contributed by atoms with Crippen LogP contribution in [0.15, 0.2) is 60.7 Å². The van der Waals surface area contributed by atoms with Gasteiger partial charge in [-0.25, -0.2) is 0 Å². The van der Waals surface area contributed by atoms with Crippen LogP contribution in [-0.4, -0.2) is 10.2 Å². The van der Waals surface area contributed by atoms with Crippen molar-refractivity contribution < 1.29 is 10.2 Å². The van der Waals surface area contributed by atoms with E-state index in [1.54, 1.807) is 0 Å². The third-order valence-corrected chi connectivity index (χ3v) is 11.4. The first-order chi connectivity index (χ1) is 24.7. The molecule has 0 radical (unpaired) electrons. The van der Waals surface area contributed by atoms with Crippen LogP contribution in [0.1, 0.15) is 171 Å². The third-order valence-electron chi connectivity index (χ3n) is 11.4. The lowest BCUT2D eigenvalue weighted by Gasteiger charge is -2.18. The number of hydrogen-bond donors (Lipinski definition) is 2. The Morgan fingerprint density at radius 3 is 1.06 bits per heavy atom. The van der Waals surface area contributed by atoms with Crippen molar-refractivity contribution >= 4 is 0 Å². The van der Waals surface area contributed by atoms with E-state index in [2.05, 4.69) is 102 Å². The van der Waals surface area contributed by atoms with Crippen LogP contribution in [-0.2, 0) is 32.1 Å². The molecular formula is C49H68O2. The molecule has 276 valence electrons. The molecule has 0 spiro atoms. The van der Waals surface area contributed by atoms with E-state index in [1.807, 2.05) is 0 Å². The zero-order valence-corrected chi connectivity index (χ0v) is 33.1. The SMILES string of the molecule is CCCCCCCCCc1cc(Cc2cccc(C)c2C)c(O)c(Cc2cc(CCCCCCCCC)cc(Cc3cccc(C)c3C)c2O)c1. The fraction of sp³-hybridized carbons (Fsp3) is 0.510.